The second-order valence-corrected chi connectivity index (χ2v) is 5.57. The zero-order chi connectivity index (χ0) is 16.4. The van der Waals surface area contributed by atoms with Crippen molar-refractivity contribution in [3.05, 3.63) is 65.1 Å². The molecule has 6 nitrogen and oxygen atoms in total. The van der Waals surface area contributed by atoms with Crippen LogP contribution in [0.15, 0.2) is 42.6 Å². The van der Waals surface area contributed by atoms with Gasteiger partial charge < -0.3 is 5.32 Å². The van der Waals surface area contributed by atoms with Gasteiger partial charge in [-0.15, -0.1) is 0 Å². The molecule has 0 saturated carbocycles. The first-order chi connectivity index (χ1) is 11.0. The summed E-state index contributed by atoms with van der Waals surface area (Å²) in [6, 6.07) is 11.7. The van der Waals surface area contributed by atoms with Gasteiger partial charge in [0, 0.05) is 25.0 Å². The first-order valence-electron chi connectivity index (χ1n) is 7.43. The molecule has 6 heteroatoms. The van der Waals surface area contributed by atoms with Crippen molar-refractivity contribution in [1.82, 2.24) is 19.6 Å². The summed E-state index contributed by atoms with van der Waals surface area (Å²) in [7, 11) is 1.81. The van der Waals surface area contributed by atoms with Gasteiger partial charge in [0.05, 0.1) is 6.54 Å². The fraction of sp³-hybridized carbons (Fsp3) is 0.235. The minimum Gasteiger partial charge on any atom is -0.304 e. The van der Waals surface area contributed by atoms with Gasteiger partial charge in [-0.05, 0) is 31.0 Å². The highest BCUT2D eigenvalue weighted by Gasteiger charge is 2.12. The van der Waals surface area contributed by atoms with Crippen LogP contribution in [0.5, 0.6) is 0 Å². The van der Waals surface area contributed by atoms with Gasteiger partial charge in [-0.25, -0.2) is 0 Å². The summed E-state index contributed by atoms with van der Waals surface area (Å²) >= 11 is 0. The first kappa shape index (κ1) is 15.0. The molecule has 23 heavy (non-hydrogen) atoms. The molecule has 0 aliphatic carbocycles. The Morgan fingerprint density at radius 2 is 1.96 bits per heavy atom. The second kappa shape index (κ2) is 6.08. The van der Waals surface area contributed by atoms with E-state index in [1.165, 1.54) is 11.1 Å². The van der Waals surface area contributed by atoms with Crippen molar-refractivity contribution in [3.8, 4) is 0 Å². The lowest BCUT2D eigenvalue weighted by molar-refractivity contribution is 0.102. The van der Waals surface area contributed by atoms with Crippen molar-refractivity contribution in [2.75, 3.05) is 5.32 Å². The van der Waals surface area contributed by atoms with Crippen molar-refractivity contribution in [1.29, 1.82) is 0 Å². The van der Waals surface area contributed by atoms with Gasteiger partial charge >= 0.3 is 0 Å². The van der Waals surface area contributed by atoms with Gasteiger partial charge in [0.2, 0.25) is 0 Å². The SMILES string of the molecule is Cc1ccccc1Cn1ccc(NC(=O)c2cc(C)n(C)n2)n1. The molecule has 2 heterocycles. The summed E-state index contributed by atoms with van der Waals surface area (Å²) in [5.74, 6) is 0.265. The monoisotopic (exact) mass is 309 g/mol. The van der Waals surface area contributed by atoms with E-state index in [1.54, 1.807) is 16.8 Å². The third-order valence-electron chi connectivity index (χ3n) is 3.82. The lowest BCUT2D eigenvalue weighted by atomic mass is 10.1. The number of hydrogen-bond donors (Lipinski definition) is 1. The van der Waals surface area contributed by atoms with Crippen LogP contribution in [0.4, 0.5) is 5.82 Å². The quantitative estimate of drug-likeness (QED) is 0.805. The Bertz CT molecular complexity index is 827. The summed E-state index contributed by atoms with van der Waals surface area (Å²) in [5.41, 5.74) is 3.74. The molecule has 0 bridgehead atoms. The number of benzene rings is 1. The van der Waals surface area contributed by atoms with Crippen molar-refractivity contribution in [2.45, 2.75) is 20.4 Å². The number of carbonyl (C=O) groups excluding carboxylic acids is 1. The van der Waals surface area contributed by atoms with E-state index in [0.717, 1.165) is 5.69 Å². The fourth-order valence-corrected chi connectivity index (χ4v) is 2.33. The van der Waals surface area contributed by atoms with Crippen LogP contribution in [0, 0.1) is 13.8 Å². The molecule has 1 amide bonds. The van der Waals surface area contributed by atoms with Crippen molar-refractivity contribution < 1.29 is 4.79 Å². The predicted molar refractivity (Wildman–Crippen MR) is 88.4 cm³/mol. The lowest BCUT2D eigenvalue weighted by Crippen LogP contribution is -2.14. The molecular weight excluding hydrogens is 290 g/mol. The molecule has 1 aromatic carbocycles. The second-order valence-electron chi connectivity index (χ2n) is 5.57. The van der Waals surface area contributed by atoms with Crippen LogP contribution in [0.2, 0.25) is 0 Å². The number of nitrogens with one attached hydrogen (secondary N) is 1. The van der Waals surface area contributed by atoms with Gasteiger partial charge in [0.1, 0.15) is 0 Å². The third-order valence-corrected chi connectivity index (χ3v) is 3.82. The highest BCUT2D eigenvalue weighted by atomic mass is 16.2. The van der Waals surface area contributed by atoms with Gasteiger partial charge in [-0.1, -0.05) is 24.3 Å². The Balaban J connectivity index is 1.70. The average molecular weight is 309 g/mol. The Morgan fingerprint density at radius 3 is 2.65 bits per heavy atom. The molecule has 118 valence electrons. The summed E-state index contributed by atoms with van der Waals surface area (Å²) in [5, 5.41) is 11.3. The minimum absolute atomic E-state index is 0.255. The molecule has 0 aliphatic heterocycles. The highest BCUT2D eigenvalue weighted by Crippen LogP contribution is 2.11. The van der Waals surface area contributed by atoms with Crippen LogP contribution >= 0.6 is 0 Å². The van der Waals surface area contributed by atoms with E-state index in [4.69, 9.17) is 0 Å². The van der Waals surface area contributed by atoms with Crippen LogP contribution in [-0.2, 0) is 13.6 Å². The maximum Gasteiger partial charge on any atom is 0.277 e. The zero-order valence-corrected chi connectivity index (χ0v) is 13.4. The number of anilines is 1. The number of aromatic nitrogens is 4. The molecule has 0 saturated heterocycles. The number of aryl methyl sites for hydroxylation is 3. The smallest absolute Gasteiger partial charge is 0.277 e. The topological polar surface area (TPSA) is 64.7 Å². The minimum atomic E-state index is -0.255. The molecule has 0 unspecified atom stereocenters. The maximum atomic E-state index is 12.2. The largest absolute Gasteiger partial charge is 0.304 e. The summed E-state index contributed by atoms with van der Waals surface area (Å²) in [4.78, 5) is 12.2. The van der Waals surface area contributed by atoms with Gasteiger partial charge in [0.25, 0.3) is 5.91 Å². The number of amides is 1. The Hall–Kier alpha value is -2.89. The molecule has 1 N–H and O–H groups in total. The molecule has 0 atom stereocenters. The van der Waals surface area contributed by atoms with Crippen molar-refractivity contribution >= 4 is 11.7 Å². The van der Waals surface area contributed by atoms with Crippen LogP contribution in [0.25, 0.3) is 0 Å². The van der Waals surface area contributed by atoms with E-state index in [2.05, 4.69) is 34.6 Å². The number of carbonyl (C=O) groups is 1. The first-order valence-corrected chi connectivity index (χ1v) is 7.43. The molecule has 0 fully saturated rings. The molecule has 3 rings (SSSR count). The number of nitrogens with zero attached hydrogens (tertiary/aromatic N) is 4. The van der Waals surface area contributed by atoms with Crippen LogP contribution in [0.1, 0.15) is 27.3 Å². The van der Waals surface area contributed by atoms with Gasteiger partial charge in [-0.3, -0.25) is 14.2 Å². The van der Waals surface area contributed by atoms with Crippen molar-refractivity contribution in [2.24, 2.45) is 7.05 Å². The molecule has 0 radical (unpaired) electrons. The molecular formula is C17H19N5O. The van der Waals surface area contributed by atoms with E-state index in [9.17, 15) is 4.79 Å². The number of hydrogen-bond acceptors (Lipinski definition) is 3. The molecule has 0 spiro atoms. The van der Waals surface area contributed by atoms with E-state index in [1.807, 2.05) is 37.0 Å². The van der Waals surface area contributed by atoms with Crippen LogP contribution in [-0.4, -0.2) is 25.5 Å². The molecule has 0 aliphatic rings. The van der Waals surface area contributed by atoms with E-state index < -0.39 is 0 Å². The van der Waals surface area contributed by atoms with E-state index in [0.29, 0.717) is 18.1 Å². The van der Waals surface area contributed by atoms with E-state index >= 15 is 0 Å². The Labute approximate surface area is 134 Å². The fourth-order valence-electron chi connectivity index (χ4n) is 2.33. The number of rotatable bonds is 4. The molecule has 2 aromatic heterocycles. The summed E-state index contributed by atoms with van der Waals surface area (Å²) in [6.07, 6.45) is 1.85. The Kier molecular flexibility index (Phi) is 3.97. The maximum absolute atomic E-state index is 12.2. The Morgan fingerprint density at radius 1 is 1.17 bits per heavy atom. The third kappa shape index (κ3) is 3.31. The predicted octanol–water partition coefficient (Wildman–Crippen LogP) is 2.53. The average Bonchev–Trinajstić information content (AvgIpc) is 3.09. The standard InChI is InChI=1S/C17H19N5O/c1-12-6-4-5-7-14(12)11-22-9-8-16(20-22)18-17(23)15-10-13(2)21(3)19-15/h4-10H,11H2,1-3H3,(H,18,20,23). The van der Waals surface area contributed by atoms with Crippen LogP contribution in [0.3, 0.4) is 0 Å². The summed E-state index contributed by atoms with van der Waals surface area (Å²) < 4.78 is 3.48. The molecule has 3 aromatic rings. The zero-order valence-electron chi connectivity index (χ0n) is 13.4. The van der Waals surface area contributed by atoms with Gasteiger partial charge in [-0.2, -0.15) is 10.2 Å². The lowest BCUT2D eigenvalue weighted by Gasteiger charge is -2.05. The highest BCUT2D eigenvalue weighted by molar-refractivity contribution is 6.02. The van der Waals surface area contributed by atoms with Crippen LogP contribution < -0.4 is 5.32 Å². The normalized spacial score (nSPS) is 10.7. The van der Waals surface area contributed by atoms with E-state index in [-0.39, 0.29) is 5.91 Å². The van der Waals surface area contributed by atoms with Gasteiger partial charge in [0.15, 0.2) is 11.5 Å². The van der Waals surface area contributed by atoms with Crippen molar-refractivity contribution in [3.63, 3.8) is 0 Å². The summed E-state index contributed by atoms with van der Waals surface area (Å²) in [6.45, 7) is 4.65.